The van der Waals surface area contributed by atoms with E-state index in [0.29, 0.717) is 16.3 Å². The summed E-state index contributed by atoms with van der Waals surface area (Å²) in [4.78, 5) is 41.8. The van der Waals surface area contributed by atoms with Crippen molar-refractivity contribution in [2.75, 3.05) is 12.4 Å². The van der Waals surface area contributed by atoms with E-state index in [1.54, 1.807) is 37.4 Å². The van der Waals surface area contributed by atoms with Gasteiger partial charge in [-0.2, -0.15) is 0 Å². The number of Topliss-reactive ketones (excluding diaryl/α,β-unsaturated/α-hetero) is 2. The van der Waals surface area contributed by atoms with Crippen LogP contribution in [-0.4, -0.2) is 29.6 Å². The summed E-state index contributed by atoms with van der Waals surface area (Å²) in [6.45, 7) is 0. The topological polar surface area (TPSA) is 85.4 Å². The van der Waals surface area contributed by atoms with Crippen LogP contribution >= 0.6 is 11.3 Å². The zero-order valence-electron chi connectivity index (χ0n) is 17.1. The Bertz CT molecular complexity index is 1280. The van der Waals surface area contributed by atoms with Gasteiger partial charge < -0.3 is 4.74 Å². The van der Waals surface area contributed by atoms with Crippen molar-refractivity contribution in [1.29, 1.82) is 0 Å². The van der Waals surface area contributed by atoms with Gasteiger partial charge in [-0.1, -0.05) is 54.6 Å². The molecule has 1 N–H and O–H groups in total. The van der Waals surface area contributed by atoms with Gasteiger partial charge in [0.25, 0.3) is 5.91 Å². The number of hydrogen-bond acceptors (Lipinski definition) is 6. The number of carbonyl (C=O) groups excluding carboxylic acids is 3. The molecule has 0 bridgehead atoms. The summed E-state index contributed by atoms with van der Waals surface area (Å²) in [5.74, 6) is -0.840. The Balaban J connectivity index is 1.44. The lowest BCUT2D eigenvalue weighted by Gasteiger charge is -2.04. The number of nitrogens with one attached hydrogen (secondary N) is 1. The zero-order valence-corrected chi connectivity index (χ0v) is 17.9. The molecule has 1 amide bonds. The number of carbonyl (C=O) groups is 3. The maximum Gasteiger partial charge on any atom is 0.257 e. The number of amides is 1. The predicted molar refractivity (Wildman–Crippen MR) is 124 cm³/mol. The van der Waals surface area contributed by atoms with E-state index in [9.17, 15) is 14.4 Å². The molecule has 3 aromatic carbocycles. The van der Waals surface area contributed by atoms with Gasteiger partial charge in [-0.25, -0.2) is 4.98 Å². The smallest absolute Gasteiger partial charge is 0.257 e. The molecule has 0 fully saturated rings. The molecule has 0 saturated carbocycles. The number of methoxy groups -OCH3 is 1. The van der Waals surface area contributed by atoms with E-state index in [4.69, 9.17) is 4.74 Å². The van der Waals surface area contributed by atoms with Crippen molar-refractivity contribution in [3.63, 3.8) is 0 Å². The van der Waals surface area contributed by atoms with Gasteiger partial charge >= 0.3 is 0 Å². The van der Waals surface area contributed by atoms with Crippen LogP contribution in [-0.2, 0) is 0 Å². The Labute approximate surface area is 188 Å². The van der Waals surface area contributed by atoms with Gasteiger partial charge in [-0.3, -0.25) is 19.7 Å². The number of ether oxygens (including phenoxy) is 1. The second-order valence-electron chi connectivity index (χ2n) is 6.83. The number of benzene rings is 3. The lowest BCUT2D eigenvalue weighted by atomic mass is 10.0. The van der Waals surface area contributed by atoms with E-state index in [1.165, 1.54) is 35.6 Å². The predicted octanol–water partition coefficient (Wildman–Crippen LogP) is 5.14. The number of nitrogens with zero attached hydrogens (tertiary/aromatic N) is 1. The lowest BCUT2D eigenvalue weighted by Crippen LogP contribution is -2.15. The largest absolute Gasteiger partial charge is 0.497 e. The van der Waals surface area contributed by atoms with Crippen molar-refractivity contribution in [2.24, 2.45) is 0 Å². The maximum atomic E-state index is 12.6. The van der Waals surface area contributed by atoms with Gasteiger partial charge in [0, 0.05) is 27.6 Å². The Morgan fingerprint density at radius 2 is 1.47 bits per heavy atom. The van der Waals surface area contributed by atoms with Crippen molar-refractivity contribution in [1.82, 2.24) is 4.98 Å². The number of hydrogen-bond donors (Lipinski definition) is 1. The Kier molecular flexibility index (Phi) is 6.19. The van der Waals surface area contributed by atoms with Crippen LogP contribution in [0, 0.1) is 0 Å². The Hall–Kier alpha value is -4.10. The first-order valence-electron chi connectivity index (χ1n) is 9.70. The third kappa shape index (κ3) is 4.63. The summed E-state index contributed by atoms with van der Waals surface area (Å²) in [5.41, 5.74) is 2.52. The third-order valence-electron chi connectivity index (χ3n) is 4.74. The summed E-state index contributed by atoms with van der Waals surface area (Å²) in [6, 6.07) is 21.8. The van der Waals surface area contributed by atoms with Crippen LogP contribution in [0.15, 0.2) is 84.2 Å². The highest BCUT2D eigenvalue weighted by Crippen LogP contribution is 2.27. The van der Waals surface area contributed by atoms with E-state index in [-0.39, 0.29) is 11.5 Å². The van der Waals surface area contributed by atoms with E-state index >= 15 is 0 Å². The number of rotatable bonds is 7. The molecule has 6 nitrogen and oxygen atoms in total. The molecular weight excluding hydrogens is 424 g/mol. The molecule has 0 radical (unpaired) electrons. The number of anilines is 1. The molecule has 1 heterocycles. The van der Waals surface area contributed by atoms with Crippen molar-refractivity contribution >= 4 is 33.9 Å². The van der Waals surface area contributed by atoms with Gasteiger partial charge in [0.2, 0.25) is 11.6 Å². The van der Waals surface area contributed by atoms with Gasteiger partial charge in [0.05, 0.1) is 12.8 Å². The number of aromatic nitrogens is 1. The molecule has 0 unspecified atom stereocenters. The molecule has 7 heteroatoms. The van der Waals surface area contributed by atoms with E-state index in [2.05, 4.69) is 10.3 Å². The summed E-state index contributed by atoms with van der Waals surface area (Å²) in [7, 11) is 1.60. The van der Waals surface area contributed by atoms with Crippen molar-refractivity contribution in [3.05, 3.63) is 101 Å². The minimum Gasteiger partial charge on any atom is -0.497 e. The van der Waals surface area contributed by atoms with E-state index in [1.807, 2.05) is 29.6 Å². The fraction of sp³-hybridized carbons (Fsp3) is 0.0400. The average molecular weight is 442 g/mol. The molecule has 0 aliphatic rings. The minimum absolute atomic E-state index is 0.227. The van der Waals surface area contributed by atoms with Gasteiger partial charge in [-0.15, -0.1) is 11.3 Å². The molecule has 0 atom stereocenters. The molecule has 0 saturated heterocycles. The highest BCUT2D eigenvalue weighted by Gasteiger charge is 2.18. The minimum atomic E-state index is -0.619. The quantitative estimate of drug-likeness (QED) is 0.317. The molecule has 0 aliphatic carbocycles. The second kappa shape index (κ2) is 9.36. The highest BCUT2D eigenvalue weighted by atomic mass is 32.1. The first-order valence-corrected chi connectivity index (χ1v) is 10.6. The van der Waals surface area contributed by atoms with Gasteiger partial charge in [0.1, 0.15) is 5.75 Å². The van der Waals surface area contributed by atoms with E-state index in [0.717, 1.165) is 17.0 Å². The average Bonchev–Trinajstić information content (AvgIpc) is 3.32. The Morgan fingerprint density at radius 3 is 2.16 bits per heavy atom. The fourth-order valence-corrected chi connectivity index (χ4v) is 3.75. The molecular formula is C25H18N2O4S. The first-order chi connectivity index (χ1) is 15.5. The van der Waals surface area contributed by atoms with Crippen LogP contribution in [0.4, 0.5) is 5.13 Å². The molecule has 0 aliphatic heterocycles. The van der Waals surface area contributed by atoms with Crippen LogP contribution in [0.3, 0.4) is 0 Å². The van der Waals surface area contributed by atoms with Crippen LogP contribution < -0.4 is 10.1 Å². The highest BCUT2D eigenvalue weighted by molar-refractivity contribution is 7.14. The second-order valence-corrected chi connectivity index (χ2v) is 7.68. The summed E-state index contributed by atoms with van der Waals surface area (Å²) in [6.07, 6.45) is 0. The number of ketones is 2. The zero-order chi connectivity index (χ0) is 22.5. The third-order valence-corrected chi connectivity index (χ3v) is 5.50. The standard InChI is InChI=1S/C25H18N2O4S/c1-31-20-9-5-8-19(14-20)21-15-32-25(26-21)27-24(30)18-12-10-17(11-13-18)23(29)22(28)16-6-3-2-4-7-16/h2-15H,1H3,(H,26,27,30). The van der Waals surface area contributed by atoms with Crippen LogP contribution in [0.25, 0.3) is 11.3 Å². The maximum absolute atomic E-state index is 12.6. The van der Waals surface area contributed by atoms with Crippen molar-refractivity contribution < 1.29 is 19.1 Å². The normalized spacial score (nSPS) is 10.4. The summed E-state index contributed by atoms with van der Waals surface area (Å²) < 4.78 is 5.23. The van der Waals surface area contributed by atoms with Crippen LogP contribution in [0.5, 0.6) is 5.75 Å². The monoisotopic (exact) mass is 442 g/mol. The first kappa shape index (κ1) is 21.1. The summed E-state index contributed by atoms with van der Waals surface area (Å²) >= 11 is 1.31. The van der Waals surface area contributed by atoms with Crippen LogP contribution in [0.1, 0.15) is 31.1 Å². The SMILES string of the molecule is COc1cccc(-c2csc(NC(=O)c3ccc(C(=O)C(=O)c4ccccc4)cc3)n2)c1. The van der Waals surface area contributed by atoms with Crippen LogP contribution in [0.2, 0.25) is 0 Å². The lowest BCUT2D eigenvalue weighted by molar-refractivity contribution is 0.0817. The summed E-state index contributed by atoms with van der Waals surface area (Å²) in [5, 5.41) is 5.06. The van der Waals surface area contributed by atoms with Crippen molar-refractivity contribution in [3.8, 4) is 17.0 Å². The van der Waals surface area contributed by atoms with Crippen molar-refractivity contribution in [2.45, 2.75) is 0 Å². The van der Waals surface area contributed by atoms with E-state index < -0.39 is 11.6 Å². The molecule has 32 heavy (non-hydrogen) atoms. The Morgan fingerprint density at radius 1 is 0.812 bits per heavy atom. The molecule has 0 spiro atoms. The number of thiazole rings is 1. The fourth-order valence-electron chi connectivity index (χ4n) is 3.04. The van der Waals surface area contributed by atoms with Gasteiger partial charge in [0.15, 0.2) is 5.13 Å². The van der Waals surface area contributed by atoms with Gasteiger partial charge in [-0.05, 0) is 24.3 Å². The molecule has 4 aromatic rings. The molecule has 158 valence electrons. The molecule has 4 rings (SSSR count). The molecule has 1 aromatic heterocycles.